The normalized spacial score (nSPS) is 16.2. The number of nitrogens with one attached hydrogen (secondary N) is 2. The number of carbonyl (C=O) groups excluding carboxylic acids is 1. The zero-order chi connectivity index (χ0) is 21.0. The first-order chi connectivity index (χ1) is 13.8. The van der Waals surface area contributed by atoms with Crippen molar-refractivity contribution in [2.75, 3.05) is 23.7 Å². The van der Waals surface area contributed by atoms with Gasteiger partial charge in [-0.3, -0.25) is 4.79 Å². The van der Waals surface area contributed by atoms with Crippen LogP contribution in [0.2, 0.25) is 5.02 Å². The molecule has 9 heteroatoms. The second-order valence-electron chi connectivity index (χ2n) is 6.97. The van der Waals surface area contributed by atoms with E-state index in [9.17, 15) is 17.6 Å². The molecule has 0 spiro atoms. The molecule has 0 aromatic heterocycles. The van der Waals surface area contributed by atoms with Crippen LogP contribution < -0.4 is 10.6 Å². The highest BCUT2D eigenvalue weighted by molar-refractivity contribution is 7.89. The number of anilines is 2. The molecule has 1 aliphatic heterocycles. The predicted molar refractivity (Wildman–Crippen MR) is 112 cm³/mol. The summed E-state index contributed by atoms with van der Waals surface area (Å²) in [5, 5.41) is 5.86. The van der Waals surface area contributed by atoms with Crippen LogP contribution in [0, 0.1) is 5.82 Å². The van der Waals surface area contributed by atoms with Crippen molar-refractivity contribution in [1.29, 1.82) is 0 Å². The Bertz CT molecular complexity index is 977. The molecule has 6 nitrogen and oxygen atoms in total. The molecule has 1 unspecified atom stereocenters. The van der Waals surface area contributed by atoms with Crippen molar-refractivity contribution in [1.82, 2.24) is 4.31 Å². The van der Waals surface area contributed by atoms with Gasteiger partial charge in [-0.05, 0) is 62.2 Å². The maximum Gasteiger partial charge on any atom is 0.246 e. The van der Waals surface area contributed by atoms with Crippen LogP contribution in [0.25, 0.3) is 0 Å². The molecule has 1 amide bonds. The Labute approximate surface area is 175 Å². The Hall–Kier alpha value is -2.16. The molecule has 3 rings (SSSR count). The third-order valence-electron chi connectivity index (χ3n) is 4.77. The van der Waals surface area contributed by atoms with Crippen molar-refractivity contribution in [2.45, 2.75) is 37.1 Å². The summed E-state index contributed by atoms with van der Waals surface area (Å²) >= 11 is 6.17. The van der Waals surface area contributed by atoms with Gasteiger partial charge in [-0.25, -0.2) is 12.8 Å². The molecule has 0 saturated carbocycles. The molecule has 2 aromatic carbocycles. The van der Waals surface area contributed by atoms with Crippen molar-refractivity contribution in [2.24, 2.45) is 0 Å². The van der Waals surface area contributed by atoms with Crippen molar-refractivity contribution < 1.29 is 17.6 Å². The van der Waals surface area contributed by atoms with Gasteiger partial charge in [-0.1, -0.05) is 18.0 Å². The molecule has 1 heterocycles. The number of nitrogens with zero attached hydrogens (tertiary/aromatic N) is 1. The van der Waals surface area contributed by atoms with Crippen LogP contribution in [0.4, 0.5) is 15.8 Å². The van der Waals surface area contributed by atoms with Gasteiger partial charge in [0.1, 0.15) is 11.9 Å². The monoisotopic (exact) mass is 439 g/mol. The number of benzene rings is 2. The maximum atomic E-state index is 13.0. The summed E-state index contributed by atoms with van der Waals surface area (Å²) in [7, 11) is -3.64. The summed E-state index contributed by atoms with van der Waals surface area (Å²) in [5.74, 6) is -0.769. The van der Waals surface area contributed by atoms with E-state index < -0.39 is 22.0 Å². The molecule has 0 bridgehead atoms. The van der Waals surface area contributed by atoms with Gasteiger partial charge in [0.15, 0.2) is 0 Å². The van der Waals surface area contributed by atoms with Crippen molar-refractivity contribution in [3.63, 3.8) is 0 Å². The number of piperidine rings is 1. The summed E-state index contributed by atoms with van der Waals surface area (Å²) in [6.45, 7) is 2.62. The molecule has 2 N–H and O–H groups in total. The lowest BCUT2D eigenvalue weighted by Gasteiger charge is -2.26. The number of carbonyl (C=O) groups is 1. The number of sulfonamides is 1. The minimum absolute atomic E-state index is 0.0956. The Morgan fingerprint density at radius 2 is 1.76 bits per heavy atom. The lowest BCUT2D eigenvalue weighted by atomic mass is 10.2. The van der Waals surface area contributed by atoms with Gasteiger partial charge in [0, 0.05) is 18.8 Å². The van der Waals surface area contributed by atoms with E-state index in [1.165, 1.54) is 46.8 Å². The van der Waals surface area contributed by atoms with E-state index in [1.807, 2.05) is 0 Å². The van der Waals surface area contributed by atoms with Crippen LogP contribution in [0.1, 0.15) is 26.2 Å². The molecule has 0 aliphatic carbocycles. The highest BCUT2D eigenvalue weighted by Gasteiger charge is 2.27. The molecule has 156 valence electrons. The first-order valence-corrected chi connectivity index (χ1v) is 11.2. The molecule has 1 atom stereocenters. The highest BCUT2D eigenvalue weighted by atomic mass is 35.5. The fourth-order valence-electron chi connectivity index (χ4n) is 3.12. The van der Waals surface area contributed by atoms with E-state index in [4.69, 9.17) is 11.6 Å². The summed E-state index contributed by atoms with van der Waals surface area (Å²) < 4.78 is 40.2. The largest absolute Gasteiger partial charge is 0.374 e. The molecule has 1 saturated heterocycles. The summed E-state index contributed by atoms with van der Waals surface area (Å²) in [4.78, 5) is 12.6. The number of hydrogen-bond donors (Lipinski definition) is 2. The van der Waals surface area contributed by atoms with E-state index in [0.29, 0.717) is 18.8 Å². The Kier molecular flexibility index (Phi) is 6.77. The van der Waals surface area contributed by atoms with Crippen LogP contribution in [0.3, 0.4) is 0 Å². The molecule has 0 radical (unpaired) electrons. The van der Waals surface area contributed by atoms with E-state index in [1.54, 1.807) is 6.92 Å². The van der Waals surface area contributed by atoms with Crippen LogP contribution in [0.15, 0.2) is 47.4 Å². The van der Waals surface area contributed by atoms with Crippen molar-refractivity contribution >= 4 is 38.9 Å². The Morgan fingerprint density at radius 3 is 2.41 bits per heavy atom. The van der Waals surface area contributed by atoms with Crippen LogP contribution in [-0.4, -0.2) is 37.8 Å². The van der Waals surface area contributed by atoms with Crippen LogP contribution in [-0.2, 0) is 14.8 Å². The second-order valence-corrected chi connectivity index (χ2v) is 9.31. The number of amides is 1. The maximum absolute atomic E-state index is 13.0. The van der Waals surface area contributed by atoms with E-state index in [-0.39, 0.29) is 21.4 Å². The molecular formula is C20H23ClFN3O3S. The first-order valence-electron chi connectivity index (χ1n) is 9.40. The number of halogens is 2. The predicted octanol–water partition coefficient (Wildman–Crippen LogP) is 4.09. The molecule has 1 aliphatic rings. The highest BCUT2D eigenvalue weighted by Crippen LogP contribution is 2.28. The lowest BCUT2D eigenvalue weighted by Crippen LogP contribution is -2.35. The quantitative estimate of drug-likeness (QED) is 0.710. The van der Waals surface area contributed by atoms with Gasteiger partial charge in [0.25, 0.3) is 0 Å². The molecule has 29 heavy (non-hydrogen) atoms. The zero-order valence-corrected chi connectivity index (χ0v) is 17.6. The van der Waals surface area contributed by atoms with Crippen LogP contribution >= 0.6 is 11.6 Å². The smallest absolute Gasteiger partial charge is 0.246 e. The zero-order valence-electron chi connectivity index (χ0n) is 16.0. The van der Waals surface area contributed by atoms with Crippen LogP contribution in [0.5, 0.6) is 0 Å². The lowest BCUT2D eigenvalue weighted by molar-refractivity contribution is -0.116. The molecule has 1 fully saturated rings. The minimum atomic E-state index is -3.64. The van der Waals surface area contributed by atoms with Gasteiger partial charge < -0.3 is 10.6 Å². The van der Waals surface area contributed by atoms with Crippen molar-refractivity contribution in [3.05, 3.63) is 53.3 Å². The average molecular weight is 440 g/mol. The summed E-state index contributed by atoms with van der Waals surface area (Å²) in [6.07, 6.45) is 2.69. The fraction of sp³-hybridized carbons (Fsp3) is 0.350. The third kappa shape index (κ3) is 5.26. The summed E-state index contributed by atoms with van der Waals surface area (Å²) in [6, 6.07) is 9.27. The Balaban J connectivity index is 1.73. The Morgan fingerprint density at radius 1 is 1.10 bits per heavy atom. The van der Waals surface area contributed by atoms with E-state index >= 15 is 0 Å². The second kappa shape index (κ2) is 9.11. The van der Waals surface area contributed by atoms with Gasteiger partial charge >= 0.3 is 0 Å². The standard InChI is InChI=1S/C20H23ClFN3O3S/c1-14(23-16-7-5-15(22)6-8-16)20(26)24-19-13-17(9-10-18(19)21)29(27,28)25-11-3-2-4-12-25/h5-10,13-14,23H,2-4,11-12H2,1H3,(H,24,26). The van der Waals surface area contributed by atoms with Gasteiger partial charge in [0.05, 0.1) is 15.6 Å². The summed E-state index contributed by atoms with van der Waals surface area (Å²) in [5.41, 5.74) is 0.809. The van der Waals surface area contributed by atoms with E-state index in [2.05, 4.69) is 10.6 Å². The average Bonchev–Trinajstić information content (AvgIpc) is 2.71. The van der Waals surface area contributed by atoms with E-state index in [0.717, 1.165) is 19.3 Å². The first kappa shape index (κ1) is 21.5. The number of rotatable bonds is 6. The van der Waals surface area contributed by atoms with Gasteiger partial charge in [-0.2, -0.15) is 4.31 Å². The molecular weight excluding hydrogens is 417 g/mol. The molecule has 2 aromatic rings. The minimum Gasteiger partial charge on any atom is -0.374 e. The van der Waals surface area contributed by atoms with Gasteiger partial charge in [0.2, 0.25) is 15.9 Å². The van der Waals surface area contributed by atoms with Crippen molar-refractivity contribution in [3.8, 4) is 0 Å². The van der Waals surface area contributed by atoms with Gasteiger partial charge in [-0.15, -0.1) is 0 Å². The topological polar surface area (TPSA) is 78.5 Å². The fourth-order valence-corrected chi connectivity index (χ4v) is 4.83. The third-order valence-corrected chi connectivity index (χ3v) is 6.99. The number of hydrogen-bond acceptors (Lipinski definition) is 4. The SMILES string of the molecule is CC(Nc1ccc(F)cc1)C(=O)Nc1cc(S(=O)(=O)N2CCCCC2)ccc1Cl.